The molecule has 2 fully saturated rings. The van der Waals surface area contributed by atoms with Crippen LogP contribution in [0.25, 0.3) is 0 Å². The summed E-state index contributed by atoms with van der Waals surface area (Å²) in [6.45, 7) is 5.24. The van der Waals surface area contributed by atoms with Gasteiger partial charge in [0.25, 0.3) is 0 Å². The van der Waals surface area contributed by atoms with E-state index in [0.717, 1.165) is 32.5 Å². The molecule has 1 aliphatic heterocycles. The van der Waals surface area contributed by atoms with E-state index in [0.29, 0.717) is 11.9 Å². The van der Waals surface area contributed by atoms with Crippen LogP contribution in [-0.2, 0) is 11.3 Å². The summed E-state index contributed by atoms with van der Waals surface area (Å²) in [5.74, 6) is 0.510. The predicted molar refractivity (Wildman–Crippen MR) is 87.5 cm³/mol. The Labute approximate surface area is 131 Å². The molecule has 0 unspecified atom stereocenters. The third kappa shape index (κ3) is 3.49. The molecule has 1 amide bonds. The number of rotatable bonds is 2. The van der Waals surface area contributed by atoms with Gasteiger partial charge in [-0.3, -0.25) is 9.69 Å². The molecule has 1 aromatic heterocycles. The molecule has 2 heterocycles. The highest BCUT2D eigenvalue weighted by Crippen LogP contribution is 2.33. The topological polar surface area (TPSA) is 32.3 Å². The van der Waals surface area contributed by atoms with Crippen LogP contribution in [0, 0.1) is 12.8 Å². The van der Waals surface area contributed by atoms with E-state index in [4.69, 9.17) is 0 Å². The molecule has 0 radical (unpaired) electrons. The summed E-state index contributed by atoms with van der Waals surface area (Å²) in [7, 11) is 0. The van der Waals surface area contributed by atoms with E-state index in [1.807, 2.05) is 11.3 Å². The summed E-state index contributed by atoms with van der Waals surface area (Å²) in [5.41, 5.74) is 1.40. The molecule has 21 heavy (non-hydrogen) atoms. The molecule has 3 nitrogen and oxygen atoms in total. The lowest BCUT2D eigenvalue weighted by molar-refractivity contribution is -0.126. The standard InChI is InChI=1S/C17H26N2OS/c1-13-8-11-21-16(13)12-19-10-4-2-3-9-18-17(20)14-6-5-7-15(14)19/h8,11,14-15H,2-7,9-10,12H2,1H3,(H,18,20)/t14-,15+/m1/s1. The number of amides is 1. The number of carbonyl (C=O) groups excluding carboxylic acids is 1. The molecule has 1 aliphatic carbocycles. The van der Waals surface area contributed by atoms with Gasteiger partial charge >= 0.3 is 0 Å². The van der Waals surface area contributed by atoms with Crippen molar-refractivity contribution in [3.05, 3.63) is 21.9 Å². The number of hydrogen-bond acceptors (Lipinski definition) is 3. The second kappa shape index (κ2) is 6.93. The van der Waals surface area contributed by atoms with Gasteiger partial charge in [-0.1, -0.05) is 12.8 Å². The number of fused-ring (bicyclic) bond motifs is 1. The van der Waals surface area contributed by atoms with Gasteiger partial charge in [0.2, 0.25) is 5.91 Å². The Kier molecular flexibility index (Phi) is 4.96. The molecular weight excluding hydrogens is 280 g/mol. The molecule has 1 saturated heterocycles. The highest BCUT2D eigenvalue weighted by Gasteiger charge is 2.36. The first-order valence-electron chi connectivity index (χ1n) is 8.30. The monoisotopic (exact) mass is 306 g/mol. The van der Waals surface area contributed by atoms with Crippen molar-refractivity contribution < 1.29 is 4.79 Å². The average Bonchev–Trinajstić information content (AvgIpc) is 3.10. The summed E-state index contributed by atoms with van der Waals surface area (Å²) in [6.07, 6.45) is 7.04. The van der Waals surface area contributed by atoms with Crippen molar-refractivity contribution in [3.63, 3.8) is 0 Å². The number of hydrogen-bond donors (Lipinski definition) is 1. The van der Waals surface area contributed by atoms with Gasteiger partial charge in [-0.15, -0.1) is 11.3 Å². The minimum atomic E-state index is 0.211. The van der Waals surface area contributed by atoms with Gasteiger partial charge in [0.1, 0.15) is 0 Å². The maximum absolute atomic E-state index is 12.4. The maximum atomic E-state index is 12.4. The molecule has 1 N–H and O–H groups in total. The first kappa shape index (κ1) is 15.0. The van der Waals surface area contributed by atoms with E-state index >= 15 is 0 Å². The molecule has 1 saturated carbocycles. The Bertz CT molecular complexity index is 485. The highest BCUT2D eigenvalue weighted by molar-refractivity contribution is 7.10. The number of aryl methyl sites for hydroxylation is 1. The maximum Gasteiger partial charge on any atom is 0.224 e. The smallest absolute Gasteiger partial charge is 0.224 e. The zero-order valence-electron chi connectivity index (χ0n) is 12.9. The molecule has 0 bridgehead atoms. The fourth-order valence-corrected chi connectivity index (χ4v) is 4.69. The van der Waals surface area contributed by atoms with Crippen LogP contribution in [0.1, 0.15) is 49.0 Å². The molecule has 4 heteroatoms. The zero-order chi connectivity index (χ0) is 14.7. The van der Waals surface area contributed by atoms with E-state index in [1.54, 1.807) is 0 Å². The zero-order valence-corrected chi connectivity index (χ0v) is 13.8. The average molecular weight is 306 g/mol. The van der Waals surface area contributed by atoms with Gasteiger partial charge in [0.05, 0.1) is 5.92 Å². The van der Waals surface area contributed by atoms with Gasteiger partial charge in [-0.2, -0.15) is 0 Å². The Balaban J connectivity index is 1.77. The van der Waals surface area contributed by atoms with Crippen LogP contribution in [0.2, 0.25) is 0 Å². The number of nitrogens with one attached hydrogen (secondary N) is 1. The molecule has 3 rings (SSSR count). The summed E-state index contributed by atoms with van der Waals surface area (Å²) < 4.78 is 0. The minimum Gasteiger partial charge on any atom is -0.356 e. The SMILES string of the molecule is Cc1ccsc1CN1CCCCCNC(=O)[C@@H]2CCC[C@@H]21. The Morgan fingerprint density at radius 1 is 1.29 bits per heavy atom. The van der Waals surface area contributed by atoms with Crippen molar-refractivity contribution >= 4 is 17.2 Å². The van der Waals surface area contributed by atoms with Crippen LogP contribution >= 0.6 is 11.3 Å². The van der Waals surface area contributed by atoms with Gasteiger partial charge < -0.3 is 5.32 Å². The van der Waals surface area contributed by atoms with Crippen LogP contribution in [0.3, 0.4) is 0 Å². The molecule has 2 atom stereocenters. The second-order valence-corrected chi connectivity index (χ2v) is 7.45. The van der Waals surface area contributed by atoms with Gasteiger partial charge in [-0.25, -0.2) is 0 Å². The van der Waals surface area contributed by atoms with E-state index in [1.165, 1.54) is 36.1 Å². The molecule has 116 valence electrons. The van der Waals surface area contributed by atoms with E-state index in [-0.39, 0.29) is 5.92 Å². The van der Waals surface area contributed by atoms with Crippen molar-refractivity contribution in [3.8, 4) is 0 Å². The molecule has 1 aromatic rings. The lowest BCUT2D eigenvalue weighted by Crippen LogP contribution is -2.45. The third-order valence-electron chi connectivity index (χ3n) is 5.02. The molecule has 0 aromatic carbocycles. The summed E-state index contributed by atoms with van der Waals surface area (Å²) in [5, 5.41) is 5.34. The normalized spacial score (nSPS) is 28.1. The summed E-state index contributed by atoms with van der Waals surface area (Å²) >= 11 is 1.86. The Morgan fingerprint density at radius 2 is 2.19 bits per heavy atom. The third-order valence-corrected chi connectivity index (χ3v) is 6.03. The van der Waals surface area contributed by atoms with E-state index < -0.39 is 0 Å². The predicted octanol–water partition coefficient (Wildman–Crippen LogP) is 3.33. The first-order chi connectivity index (χ1) is 10.3. The van der Waals surface area contributed by atoms with Crippen molar-refractivity contribution in [2.45, 2.75) is 58.0 Å². The van der Waals surface area contributed by atoms with Crippen molar-refractivity contribution in [2.24, 2.45) is 5.92 Å². The van der Waals surface area contributed by atoms with Gasteiger partial charge in [0, 0.05) is 24.0 Å². The van der Waals surface area contributed by atoms with Crippen LogP contribution in [0.5, 0.6) is 0 Å². The van der Waals surface area contributed by atoms with Gasteiger partial charge in [-0.05, 0) is 56.2 Å². The Hall–Kier alpha value is -0.870. The number of nitrogens with zero attached hydrogens (tertiary/aromatic N) is 1. The molecule has 0 spiro atoms. The van der Waals surface area contributed by atoms with Crippen LogP contribution in [0.15, 0.2) is 11.4 Å². The summed E-state index contributed by atoms with van der Waals surface area (Å²) in [6, 6.07) is 2.66. The fraction of sp³-hybridized carbons (Fsp3) is 0.706. The van der Waals surface area contributed by atoms with Gasteiger partial charge in [0.15, 0.2) is 0 Å². The summed E-state index contributed by atoms with van der Waals surface area (Å²) in [4.78, 5) is 16.5. The highest BCUT2D eigenvalue weighted by atomic mass is 32.1. The van der Waals surface area contributed by atoms with E-state index in [2.05, 4.69) is 28.6 Å². The molecule has 2 aliphatic rings. The van der Waals surface area contributed by atoms with Crippen molar-refractivity contribution in [1.29, 1.82) is 0 Å². The quantitative estimate of drug-likeness (QED) is 0.909. The fourth-order valence-electron chi connectivity index (χ4n) is 3.76. The van der Waals surface area contributed by atoms with Crippen LogP contribution in [-0.4, -0.2) is 29.9 Å². The van der Waals surface area contributed by atoms with Crippen LogP contribution in [0.4, 0.5) is 0 Å². The van der Waals surface area contributed by atoms with E-state index in [9.17, 15) is 4.79 Å². The Morgan fingerprint density at radius 3 is 3.00 bits per heavy atom. The largest absolute Gasteiger partial charge is 0.356 e. The number of carbonyl (C=O) groups is 1. The van der Waals surface area contributed by atoms with Crippen LogP contribution < -0.4 is 5.32 Å². The van der Waals surface area contributed by atoms with Crippen molar-refractivity contribution in [1.82, 2.24) is 10.2 Å². The van der Waals surface area contributed by atoms with Crippen molar-refractivity contribution in [2.75, 3.05) is 13.1 Å². The first-order valence-corrected chi connectivity index (χ1v) is 9.18. The second-order valence-electron chi connectivity index (χ2n) is 6.45. The molecular formula is C17H26N2OS. The lowest BCUT2D eigenvalue weighted by atomic mass is 9.99. The lowest BCUT2D eigenvalue weighted by Gasteiger charge is -2.33. The number of thiophene rings is 1. The minimum absolute atomic E-state index is 0.211.